The Bertz CT molecular complexity index is 784. The summed E-state index contributed by atoms with van der Waals surface area (Å²) in [5.41, 5.74) is 0.399. The first kappa shape index (κ1) is 16.3. The highest BCUT2D eigenvalue weighted by Crippen LogP contribution is 2.19. The number of ether oxygens (including phenoxy) is 1. The highest BCUT2D eigenvalue weighted by Gasteiger charge is 2.28. The van der Waals surface area contributed by atoms with Gasteiger partial charge < -0.3 is 9.64 Å². The summed E-state index contributed by atoms with van der Waals surface area (Å²) in [6, 6.07) is 3.04. The van der Waals surface area contributed by atoms with Gasteiger partial charge in [-0.1, -0.05) is 6.92 Å². The number of hydrogen-bond donors (Lipinski definition) is 1. The predicted molar refractivity (Wildman–Crippen MR) is 84.3 cm³/mol. The summed E-state index contributed by atoms with van der Waals surface area (Å²) in [4.78, 5) is 30.3. The van der Waals surface area contributed by atoms with Gasteiger partial charge in [0.2, 0.25) is 5.91 Å². The smallest absolute Gasteiger partial charge is 0.267 e. The van der Waals surface area contributed by atoms with E-state index in [9.17, 15) is 9.59 Å². The van der Waals surface area contributed by atoms with Crippen LogP contribution in [0.25, 0.3) is 0 Å². The number of aryl methyl sites for hydroxylation is 2. The third kappa shape index (κ3) is 3.51. The largest absolute Gasteiger partial charge is 0.366 e. The maximum absolute atomic E-state index is 12.5. The van der Waals surface area contributed by atoms with Gasteiger partial charge in [-0.3, -0.25) is 14.7 Å². The minimum atomic E-state index is -0.360. The van der Waals surface area contributed by atoms with Crippen molar-refractivity contribution in [1.29, 1.82) is 0 Å². The molecule has 9 heteroatoms. The molecule has 1 atom stereocenters. The van der Waals surface area contributed by atoms with Crippen molar-refractivity contribution in [3.8, 4) is 0 Å². The summed E-state index contributed by atoms with van der Waals surface area (Å²) in [7, 11) is 0. The van der Waals surface area contributed by atoms with E-state index < -0.39 is 0 Å². The van der Waals surface area contributed by atoms with Crippen LogP contribution in [0.4, 0.5) is 0 Å². The quantitative estimate of drug-likeness (QED) is 0.833. The van der Waals surface area contributed by atoms with Gasteiger partial charge in [0.1, 0.15) is 18.5 Å². The molecule has 9 nitrogen and oxygen atoms in total. The van der Waals surface area contributed by atoms with E-state index in [4.69, 9.17) is 4.74 Å². The number of aromatic amines is 1. The minimum absolute atomic E-state index is 0.0819. The van der Waals surface area contributed by atoms with E-state index in [1.807, 2.05) is 6.92 Å². The average molecular weight is 332 g/mol. The van der Waals surface area contributed by atoms with Gasteiger partial charge in [0.15, 0.2) is 5.82 Å². The van der Waals surface area contributed by atoms with Crippen molar-refractivity contribution < 1.29 is 9.53 Å². The lowest BCUT2D eigenvalue weighted by molar-refractivity contribution is -0.140. The van der Waals surface area contributed by atoms with Gasteiger partial charge in [0, 0.05) is 19.0 Å². The molecule has 0 spiro atoms. The molecule has 1 fully saturated rings. The second kappa shape index (κ2) is 6.91. The molecule has 3 heterocycles. The van der Waals surface area contributed by atoms with E-state index in [0.717, 1.165) is 12.2 Å². The SMILES string of the molecule is CCc1nc(C2CN(C(=O)Cn3nc(C)ccc3=O)CCO2)n[nH]1. The zero-order valence-electron chi connectivity index (χ0n) is 13.7. The maximum atomic E-state index is 12.5. The second-order valence-corrected chi connectivity index (χ2v) is 5.66. The molecule has 1 saturated heterocycles. The molecule has 0 saturated carbocycles. The Morgan fingerprint density at radius 3 is 3.04 bits per heavy atom. The molecule has 2 aromatic rings. The first-order valence-corrected chi connectivity index (χ1v) is 7.92. The number of nitrogens with zero attached hydrogens (tertiary/aromatic N) is 5. The van der Waals surface area contributed by atoms with Gasteiger partial charge in [-0.15, -0.1) is 0 Å². The molecule has 1 amide bonds. The Morgan fingerprint density at radius 1 is 1.46 bits per heavy atom. The van der Waals surface area contributed by atoms with E-state index >= 15 is 0 Å². The molecule has 2 aromatic heterocycles. The Labute approximate surface area is 138 Å². The third-order valence-electron chi connectivity index (χ3n) is 3.88. The number of morpholine rings is 1. The highest BCUT2D eigenvalue weighted by molar-refractivity contribution is 5.76. The van der Waals surface area contributed by atoms with Crippen molar-refractivity contribution in [3.63, 3.8) is 0 Å². The normalized spacial score (nSPS) is 17.9. The molecule has 1 N–H and O–H groups in total. The number of carbonyl (C=O) groups is 1. The molecule has 0 aromatic carbocycles. The summed E-state index contributed by atoms with van der Waals surface area (Å²) >= 11 is 0. The van der Waals surface area contributed by atoms with E-state index in [1.54, 1.807) is 17.9 Å². The molecule has 3 rings (SSSR count). The fraction of sp³-hybridized carbons (Fsp3) is 0.533. The van der Waals surface area contributed by atoms with Gasteiger partial charge in [-0.2, -0.15) is 10.2 Å². The van der Waals surface area contributed by atoms with Crippen LogP contribution in [-0.4, -0.2) is 55.5 Å². The van der Waals surface area contributed by atoms with Gasteiger partial charge in [0.25, 0.3) is 5.56 Å². The molecule has 0 radical (unpaired) electrons. The fourth-order valence-electron chi connectivity index (χ4n) is 2.54. The fourth-order valence-corrected chi connectivity index (χ4v) is 2.54. The zero-order chi connectivity index (χ0) is 17.1. The topological polar surface area (TPSA) is 106 Å². The van der Waals surface area contributed by atoms with E-state index in [2.05, 4.69) is 20.3 Å². The van der Waals surface area contributed by atoms with Crippen molar-refractivity contribution in [3.05, 3.63) is 39.8 Å². The molecular formula is C15H20N6O3. The van der Waals surface area contributed by atoms with Crippen LogP contribution in [0.5, 0.6) is 0 Å². The monoisotopic (exact) mass is 332 g/mol. The van der Waals surface area contributed by atoms with Gasteiger partial charge in [-0.25, -0.2) is 9.67 Å². The second-order valence-electron chi connectivity index (χ2n) is 5.66. The maximum Gasteiger partial charge on any atom is 0.267 e. The van der Waals surface area contributed by atoms with Crippen molar-refractivity contribution in [2.24, 2.45) is 0 Å². The third-order valence-corrected chi connectivity index (χ3v) is 3.88. The van der Waals surface area contributed by atoms with E-state index in [0.29, 0.717) is 31.2 Å². The van der Waals surface area contributed by atoms with E-state index in [1.165, 1.54) is 10.7 Å². The molecular weight excluding hydrogens is 312 g/mol. The number of nitrogens with one attached hydrogen (secondary N) is 1. The number of aromatic nitrogens is 5. The van der Waals surface area contributed by atoms with Crippen molar-refractivity contribution in [2.75, 3.05) is 19.7 Å². The van der Waals surface area contributed by atoms with E-state index in [-0.39, 0.29) is 24.1 Å². The Balaban J connectivity index is 1.68. The molecule has 0 bridgehead atoms. The summed E-state index contributed by atoms with van der Waals surface area (Å²) in [6.07, 6.45) is 0.394. The molecule has 24 heavy (non-hydrogen) atoms. The molecule has 1 aliphatic heterocycles. The number of carbonyl (C=O) groups excluding carboxylic acids is 1. The van der Waals surface area contributed by atoms with Crippen molar-refractivity contribution >= 4 is 5.91 Å². The van der Waals surface area contributed by atoms with Crippen LogP contribution in [0.1, 0.15) is 30.4 Å². The standard InChI is InChI=1S/C15H20N6O3/c1-3-12-16-15(18-17-12)11-8-20(6-7-24-11)14(23)9-21-13(22)5-4-10(2)19-21/h4-5,11H,3,6-9H2,1-2H3,(H,16,17,18). The van der Waals surface area contributed by atoms with Crippen LogP contribution in [0, 0.1) is 6.92 Å². The number of H-pyrrole nitrogens is 1. The van der Waals surface area contributed by atoms with Crippen LogP contribution >= 0.6 is 0 Å². The zero-order valence-corrected chi connectivity index (χ0v) is 13.7. The summed E-state index contributed by atoms with van der Waals surface area (Å²) in [5.74, 6) is 1.16. The molecule has 0 aliphatic carbocycles. The predicted octanol–water partition coefficient (Wildman–Crippen LogP) is -0.168. The summed E-state index contributed by atoms with van der Waals surface area (Å²) in [5, 5.41) is 11.1. The van der Waals surface area contributed by atoms with Crippen molar-refractivity contribution in [1.82, 2.24) is 29.9 Å². The van der Waals surface area contributed by atoms with Gasteiger partial charge >= 0.3 is 0 Å². The number of hydrogen-bond acceptors (Lipinski definition) is 6. The summed E-state index contributed by atoms with van der Waals surface area (Å²) in [6.45, 7) is 4.92. The van der Waals surface area contributed by atoms with Crippen molar-refractivity contribution in [2.45, 2.75) is 32.9 Å². The lowest BCUT2D eigenvalue weighted by Gasteiger charge is -2.31. The highest BCUT2D eigenvalue weighted by atomic mass is 16.5. The minimum Gasteiger partial charge on any atom is -0.366 e. The Hall–Kier alpha value is -2.55. The Morgan fingerprint density at radius 2 is 2.29 bits per heavy atom. The average Bonchev–Trinajstić information content (AvgIpc) is 3.07. The lowest BCUT2D eigenvalue weighted by atomic mass is 10.2. The Kier molecular flexibility index (Phi) is 4.70. The van der Waals surface area contributed by atoms with Crippen LogP contribution in [-0.2, 0) is 22.5 Å². The first-order chi connectivity index (χ1) is 11.6. The van der Waals surface area contributed by atoms with Crippen LogP contribution in [0.3, 0.4) is 0 Å². The van der Waals surface area contributed by atoms with Gasteiger partial charge in [0.05, 0.1) is 18.8 Å². The number of rotatable bonds is 4. The lowest BCUT2D eigenvalue weighted by Crippen LogP contribution is -2.45. The van der Waals surface area contributed by atoms with Crippen LogP contribution < -0.4 is 5.56 Å². The summed E-state index contributed by atoms with van der Waals surface area (Å²) < 4.78 is 6.86. The van der Waals surface area contributed by atoms with Gasteiger partial charge in [-0.05, 0) is 13.0 Å². The number of amides is 1. The first-order valence-electron chi connectivity index (χ1n) is 7.92. The molecule has 1 aliphatic rings. The molecule has 128 valence electrons. The van der Waals surface area contributed by atoms with Crippen LogP contribution in [0.15, 0.2) is 16.9 Å². The molecule has 1 unspecified atom stereocenters. The van der Waals surface area contributed by atoms with Crippen LogP contribution in [0.2, 0.25) is 0 Å².